The number of hydrogen-bond donors (Lipinski definition) is 3. The summed E-state index contributed by atoms with van der Waals surface area (Å²) in [6.45, 7) is 2.80. The maximum absolute atomic E-state index is 11.8. The van der Waals surface area contributed by atoms with Crippen molar-refractivity contribution in [2.24, 2.45) is 0 Å². The Hall–Kier alpha value is -2.12. The van der Waals surface area contributed by atoms with Gasteiger partial charge in [-0.1, -0.05) is 6.92 Å². The van der Waals surface area contributed by atoms with E-state index in [1.165, 1.54) is 6.92 Å². The second-order valence-electron chi connectivity index (χ2n) is 3.96. The fraction of sp³-hybridized carbons (Fsp3) is 0.600. The number of hydrogen-bond acceptors (Lipinski definition) is 4. The van der Waals surface area contributed by atoms with Crippen LogP contribution in [0, 0.1) is 0 Å². The SMILES string of the molecule is CCC(NC(=O)N1CC(=O)NC(=O)C1C)C(=O)O. The number of carbonyl (C=O) groups is 4. The van der Waals surface area contributed by atoms with Crippen LogP contribution in [0.4, 0.5) is 4.79 Å². The highest BCUT2D eigenvalue weighted by atomic mass is 16.4. The topological polar surface area (TPSA) is 116 Å². The summed E-state index contributed by atoms with van der Waals surface area (Å²) in [5.41, 5.74) is 0. The van der Waals surface area contributed by atoms with Crippen LogP contribution < -0.4 is 10.6 Å². The third-order valence-electron chi connectivity index (χ3n) is 2.69. The van der Waals surface area contributed by atoms with Crippen molar-refractivity contribution in [1.82, 2.24) is 15.5 Å². The van der Waals surface area contributed by atoms with Crippen molar-refractivity contribution >= 4 is 23.8 Å². The largest absolute Gasteiger partial charge is 0.480 e. The summed E-state index contributed by atoms with van der Waals surface area (Å²) in [6.07, 6.45) is 0.212. The van der Waals surface area contributed by atoms with E-state index in [-0.39, 0.29) is 13.0 Å². The molecule has 1 saturated heterocycles. The minimum Gasteiger partial charge on any atom is -0.480 e. The number of nitrogens with one attached hydrogen (secondary N) is 2. The van der Waals surface area contributed by atoms with E-state index in [0.717, 1.165) is 4.90 Å². The van der Waals surface area contributed by atoms with Crippen LogP contribution in [0.5, 0.6) is 0 Å². The van der Waals surface area contributed by atoms with Crippen molar-refractivity contribution in [3.05, 3.63) is 0 Å². The van der Waals surface area contributed by atoms with Gasteiger partial charge in [-0.3, -0.25) is 14.9 Å². The normalized spacial score (nSPS) is 21.2. The van der Waals surface area contributed by atoms with Gasteiger partial charge in [0.25, 0.3) is 0 Å². The number of imide groups is 1. The van der Waals surface area contributed by atoms with Gasteiger partial charge in [-0.2, -0.15) is 0 Å². The lowest BCUT2D eigenvalue weighted by Crippen LogP contribution is -2.61. The predicted octanol–water partition coefficient (Wildman–Crippen LogP) is -1.09. The molecule has 0 aromatic rings. The van der Waals surface area contributed by atoms with E-state index in [4.69, 9.17) is 5.11 Å². The Labute approximate surface area is 103 Å². The molecule has 0 radical (unpaired) electrons. The molecule has 1 heterocycles. The van der Waals surface area contributed by atoms with Gasteiger partial charge in [0, 0.05) is 0 Å². The molecule has 1 fully saturated rings. The Balaban J connectivity index is 2.73. The van der Waals surface area contributed by atoms with Crippen molar-refractivity contribution in [3.63, 3.8) is 0 Å². The van der Waals surface area contributed by atoms with Gasteiger partial charge in [0.1, 0.15) is 18.6 Å². The first kappa shape index (κ1) is 13.9. The Morgan fingerprint density at radius 3 is 2.67 bits per heavy atom. The van der Waals surface area contributed by atoms with E-state index in [9.17, 15) is 19.2 Å². The molecule has 2 atom stereocenters. The van der Waals surface area contributed by atoms with Crippen LogP contribution in [-0.2, 0) is 14.4 Å². The van der Waals surface area contributed by atoms with Gasteiger partial charge in [-0.05, 0) is 13.3 Å². The zero-order chi connectivity index (χ0) is 13.9. The maximum atomic E-state index is 11.8. The molecule has 8 heteroatoms. The number of carbonyl (C=O) groups excluding carboxylic acids is 3. The Morgan fingerprint density at radius 2 is 2.17 bits per heavy atom. The number of amides is 4. The molecule has 0 saturated carbocycles. The maximum Gasteiger partial charge on any atom is 0.326 e. The average molecular weight is 257 g/mol. The Kier molecular flexibility index (Phi) is 4.24. The van der Waals surface area contributed by atoms with Crippen LogP contribution in [-0.4, -0.2) is 52.4 Å². The van der Waals surface area contributed by atoms with E-state index in [0.29, 0.717) is 0 Å². The lowest BCUT2D eigenvalue weighted by molar-refractivity contribution is -0.139. The van der Waals surface area contributed by atoms with Crippen LogP contribution in [0.15, 0.2) is 0 Å². The molecule has 100 valence electrons. The van der Waals surface area contributed by atoms with Crippen LogP contribution in [0.2, 0.25) is 0 Å². The molecule has 0 bridgehead atoms. The summed E-state index contributed by atoms with van der Waals surface area (Å²) < 4.78 is 0. The summed E-state index contributed by atoms with van der Waals surface area (Å²) in [7, 11) is 0. The molecular formula is C10H15N3O5. The number of nitrogens with zero attached hydrogens (tertiary/aromatic N) is 1. The van der Waals surface area contributed by atoms with Gasteiger partial charge >= 0.3 is 12.0 Å². The summed E-state index contributed by atoms with van der Waals surface area (Å²) in [4.78, 5) is 46.1. The molecule has 1 aliphatic rings. The van der Waals surface area contributed by atoms with Gasteiger partial charge in [-0.15, -0.1) is 0 Å². The van der Waals surface area contributed by atoms with Crippen molar-refractivity contribution in [3.8, 4) is 0 Å². The zero-order valence-electron chi connectivity index (χ0n) is 10.1. The fourth-order valence-electron chi connectivity index (χ4n) is 1.53. The number of aliphatic carboxylic acids is 1. The van der Waals surface area contributed by atoms with E-state index >= 15 is 0 Å². The lowest BCUT2D eigenvalue weighted by Gasteiger charge is -2.32. The van der Waals surface area contributed by atoms with Gasteiger partial charge in [-0.25, -0.2) is 9.59 Å². The first-order chi connectivity index (χ1) is 8.36. The summed E-state index contributed by atoms with van der Waals surface area (Å²) in [6, 6.07) is -2.58. The quantitative estimate of drug-likeness (QED) is 0.555. The van der Waals surface area contributed by atoms with Gasteiger partial charge < -0.3 is 15.3 Å². The minimum atomic E-state index is -1.16. The summed E-state index contributed by atoms with van der Waals surface area (Å²) in [5, 5.41) is 13.2. The molecule has 4 amide bonds. The molecule has 0 aromatic heterocycles. The van der Waals surface area contributed by atoms with E-state index in [1.807, 2.05) is 0 Å². The predicted molar refractivity (Wildman–Crippen MR) is 59.6 cm³/mol. The summed E-state index contributed by atoms with van der Waals surface area (Å²) in [5.74, 6) is -2.33. The number of rotatable bonds is 3. The second kappa shape index (κ2) is 5.48. The van der Waals surface area contributed by atoms with Crippen LogP contribution in [0.1, 0.15) is 20.3 Å². The fourth-order valence-corrected chi connectivity index (χ4v) is 1.53. The molecule has 2 unspecified atom stereocenters. The smallest absolute Gasteiger partial charge is 0.326 e. The highest BCUT2D eigenvalue weighted by Gasteiger charge is 2.34. The van der Waals surface area contributed by atoms with Crippen LogP contribution >= 0.6 is 0 Å². The van der Waals surface area contributed by atoms with Crippen molar-refractivity contribution in [2.75, 3.05) is 6.54 Å². The molecular weight excluding hydrogens is 242 g/mol. The molecule has 18 heavy (non-hydrogen) atoms. The molecule has 8 nitrogen and oxygen atoms in total. The Bertz CT molecular complexity index is 395. The van der Waals surface area contributed by atoms with Crippen molar-refractivity contribution in [1.29, 1.82) is 0 Å². The second-order valence-corrected chi connectivity index (χ2v) is 3.96. The molecule has 0 spiro atoms. The van der Waals surface area contributed by atoms with Gasteiger partial charge in [0.15, 0.2) is 0 Å². The molecule has 0 aromatic carbocycles. The Morgan fingerprint density at radius 1 is 1.56 bits per heavy atom. The average Bonchev–Trinajstić information content (AvgIpc) is 2.29. The first-order valence-electron chi connectivity index (χ1n) is 5.50. The van der Waals surface area contributed by atoms with Gasteiger partial charge in [0.2, 0.25) is 11.8 Å². The third kappa shape index (κ3) is 2.96. The van der Waals surface area contributed by atoms with Crippen LogP contribution in [0.3, 0.4) is 0 Å². The zero-order valence-corrected chi connectivity index (χ0v) is 10.1. The van der Waals surface area contributed by atoms with Crippen molar-refractivity contribution < 1.29 is 24.3 Å². The third-order valence-corrected chi connectivity index (χ3v) is 2.69. The number of urea groups is 1. The number of carboxylic acid groups (broad SMARTS) is 1. The molecule has 1 aliphatic heterocycles. The van der Waals surface area contributed by atoms with E-state index in [1.54, 1.807) is 6.92 Å². The molecule has 3 N–H and O–H groups in total. The van der Waals surface area contributed by atoms with E-state index in [2.05, 4.69) is 10.6 Å². The molecule has 1 rings (SSSR count). The standard InChI is InChI=1S/C10H15N3O5/c1-3-6(9(16)17)11-10(18)13-4-7(14)12-8(15)5(13)2/h5-6H,3-4H2,1-2H3,(H,11,18)(H,16,17)(H,12,14,15). The van der Waals surface area contributed by atoms with Crippen molar-refractivity contribution in [2.45, 2.75) is 32.4 Å². The summed E-state index contributed by atoms with van der Waals surface area (Å²) >= 11 is 0. The van der Waals surface area contributed by atoms with Gasteiger partial charge in [0.05, 0.1) is 0 Å². The number of carboxylic acids is 1. The van der Waals surface area contributed by atoms with Crippen LogP contribution in [0.25, 0.3) is 0 Å². The number of piperazine rings is 1. The minimum absolute atomic E-state index is 0.212. The lowest BCUT2D eigenvalue weighted by atomic mass is 10.2. The van der Waals surface area contributed by atoms with E-state index < -0.39 is 35.9 Å². The monoisotopic (exact) mass is 257 g/mol. The first-order valence-corrected chi connectivity index (χ1v) is 5.50. The highest BCUT2D eigenvalue weighted by Crippen LogP contribution is 2.06. The highest BCUT2D eigenvalue weighted by molar-refractivity contribution is 6.04. The molecule has 0 aliphatic carbocycles.